The molecule has 0 saturated carbocycles. The molecule has 1 amide bonds. The third kappa shape index (κ3) is 4.31. The Balaban J connectivity index is 3.19. The predicted molar refractivity (Wildman–Crippen MR) is 83.3 cm³/mol. The van der Waals surface area contributed by atoms with Crippen LogP contribution in [0.2, 0.25) is 0 Å². The molecule has 0 radical (unpaired) electrons. The van der Waals surface area contributed by atoms with E-state index in [1.165, 1.54) is 12.0 Å². The van der Waals surface area contributed by atoms with Crippen LogP contribution in [0.4, 0.5) is 0 Å². The normalized spacial score (nSPS) is 11.4. The second-order valence-electron chi connectivity index (χ2n) is 6.40. The van der Waals surface area contributed by atoms with E-state index in [4.69, 9.17) is 0 Å². The number of hydrogen-bond donors (Lipinski definition) is 0. The first kappa shape index (κ1) is 17.2. The molecule has 0 fully saturated rings. The van der Waals surface area contributed by atoms with E-state index in [9.17, 15) is 9.59 Å². The number of rotatable bonds is 4. The molecule has 0 spiro atoms. The van der Waals surface area contributed by atoms with E-state index in [1.807, 2.05) is 38.1 Å². The van der Waals surface area contributed by atoms with Crippen molar-refractivity contribution in [2.75, 3.05) is 13.7 Å². The van der Waals surface area contributed by atoms with Gasteiger partial charge in [-0.3, -0.25) is 9.59 Å². The Labute approximate surface area is 127 Å². The molecule has 4 heteroatoms. The van der Waals surface area contributed by atoms with Crippen LogP contribution in [0.25, 0.3) is 0 Å². The van der Waals surface area contributed by atoms with Crippen molar-refractivity contribution in [1.82, 2.24) is 4.90 Å². The Morgan fingerprint density at radius 1 is 1.19 bits per heavy atom. The Kier molecular flexibility index (Phi) is 5.53. The zero-order valence-corrected chi connectivity index (χ0v) is 13.8. The maximum Gasteiger partial charge on any atom is 0.325 e. The zero-order valence-electron chi connectivity index (χ0n) is 13.8. The molecule has 1 aromatic carbocycles. The fourth-order valence-corrected chi connectivity index (χ4v) is 2.17. The minimum Gasteiger partial charge on any atom is -0.468 e. The van der Waals surface area contributed by atoms with Gasteiger partial charge in [0.2, 0.25) is 0 Å². The van der Waals surface area contributed by atoms with Crippen molar-refractivity contribution < 1.29 is 14.3 Å². The van der Waals surface area contributed by atoms with E-state index in [0.29, 0.717) is 5.56 Å². The molecule has 0 heterocycles. The predicted octanol–water partition coefficient (Wildman–Crippen LogP) is 3.01. The van der Waals surface area contributed by atoms with Gasteiger partial charge in [0.25, 0.3) is 5.91 Å². The molecule has 0 saturated heterocycles. The lowest BCUT2D eigenvalue weighted by Crippen LogP contribution is -2.41. The number of carbonyl (C=O) groups excluding carboxylic acids is 2. The van der Waals surface area contributed by atoms with Crippen LogP contribution < -0.4 is 0 Å². The van der Waals surface area contributed by atoms with Gasteiger partial charge in [0, 0.05) is 11.6 Å². The van der Waals surface area contributed by atoms with Gasteiger partial charge in [0.05, 0.1) is 7.11 Å². The van der Waals surface area contributed by atoms with Crippen molar-refractivity contribution >= 4 is 11.9 Å². The number of carbonyl (C=O) groups is 2. The highest BCUT2D eigenvalue weighted by molar-refractivity contribution is 5.97. The Morgan fingerprint density at radius 3 is 2.24 bits per heavy atom. The zero-order chi connectivity index (χ0) is 16.2. The molecule has 4 nitrogen and oxygen atoms in total. The van der Waals surface area contributed by atoms with Crippen LogP contribution in [0.15, 0.2) is 24.3 Å². The van der Waals surface area contributed by atoms with Crippen molar-refractivity contribution in [3.63, 3.8) is 0 Å². The molecular weight excluding hydrogens is 266 g/mol. The lowest BCUT2D eigenvalue weighted by atomic mass is 9.83. The van der Waals surface area contributed by atoms with Crippen molar-refractivity contribution in [3.05, 3.63) is 35.4 Å². The Morgan fingerprint density at radius 2 is 1.76 bits per heavy atom. The molecule has 116 valence electrons. The second-order valence-corrected chi connectivity index (χ2v) is 6.40. The molecule has 1 rings (SSSR count). The molecular formula is C17H25NO3. The van der Waals surface area contributed by atoms with E-state index in [-0.39, 0.29) is 23.9 Å². The number of amides is 1. The second kappa shape index (κ2) is 6.74. The summed E-state index contributed by atoms with van der Waals surface area (Å²) in [5, 5.41) is 0. The average molecular weight is 291 g/mol. The molecule has 0 unspecified atom stereocenters. The highest BCUT2D eigenvalue weighted by Gasteiger charge is 2.27. The van der Waals surface area contributed by atoms with E-state index in [1.54, 1.807) is 0 Å². The van der Waals surface area contributed by atoms with Crippen molar-refractivity contribution in [2.45, 2.75) is 46.1 Å². The van der Waals surface area contributed by atoms with Gasteiger partial charge < -0.3 is 9.64 Å². The first-order valence-corrected chi connectivity index (χ1v) is 7.15. The molecule has 0 aromatic heterocycles. The van der Waals surface area contributed by atoms with Gasteiger partial charge in [0.15, 0.2) is 0 Å². The van der Waals surface area contributed by atoms with Gasteiger partial charge in [-0.25, -0.2) is 0 Å². The van der Waals surface area contributed by atoms with Crippen molar-refractivity contribution in [3.8, 4) is 0 Å². The van der Waals surface area contributed by atoms with E-state index >= 15 is 0 Å². The first-order chi connectivity index (χ1) is 9.68. The number of benzene rings is 1. The van der Waals surface area contributed by atoms with Gasteiger partial charge >= 0.3 is 5.97 Å². The Hall–Kier alpha value is -1.84. The largest absolute Gasteiger partial charge is 0.468 e. The number of methoxy groups -OCH3 is 1. The fourth-order valence-electron chi connectivity index (χ4n) is 2.17. The van der Waals surface area contributed by atoms with E-state index < -0.39 is 5.97 Å². The SMILES string of the molecule is COC(=O)CN(C(=O)c1ccccc1C(C)(C)C)C(C)C. The lowest BCUT2D eigenvalue weighted by molar-refractivity contribution is -0.141. The first-order valence-electron chi connectivity index (χ1n) is 7.15. The van der Waals surface area contributed by atoms with Crippen LogP contribution in [0.5, 0.6) is 0 Å². The third-order valence-electron chi connectivity index (χ3n) is 3.38. The minimum atomic E-state index is -0.412. The van der Waals surface area contributed by atoms with Crippen molar-refractivity contribution in [1.29, 1.82) is 0 Å². The lowest BCUT2D eigenvalue weighted by Gasteiger charge is -2.29. The van der Waals surface area contributed by atoms with Crippen LogP contribution in [0.3, 0.4) is 0 Å². The van der Waals surface area contributed by atoms with E-state index in [0.717, 1.165) is 5.56 Å². The molecule has 0 aliphatic carbocycles. The number of esters is 1. The van der Waals surface area contributed by atoms with Gasteiger partial charge in [-0.1, -0.05) is 39.0 Å². The van der Waals surface area contributed by atoms with Gasteiger partial charge in [-0.2, -0.15) is 0 Å². The molecule has 0 atom stereocenters. The summed E-state index contributed by atoms with van der Waals surface area (Å²) in [5.74, 6) is -0.550. The summed E-state index contributed by atoms with van der Waals surface area (Å²) in [5.41, 5.74) is 1.48. The van der Waals surface area contributed by atoms with Crippen LogP contribution >= 0.6 is 0 Å². The summed E-state index contributed by atoms with van der Waals surface area (Å²) in [4.78, 5) is 25.9. The molecule has 0 bridgehead atoms. The molecule has 0 aliphatic heterocycles. The standard InChI is InChI=1S/C17H25NO3/c1-12(2)18(11-15(19)21-6)16(20)13-9-7-8-10-14(13)17(3,4)5/h7-10,12H,11H2,1-6H3. The summed E-state index contributed by atoms with van der Waals surface area (Å²) < 4.78 is 4.68. The topological polar surface area (TPSA) is 46.6 Å². The smallest absolute Gasteiger partial charge is 0.325 e. The summed E-state index contributed by atoms with van der Waals surface area (Å²) in [6, 6.07) is 7.47. The quantitative estimate of drug-likeness (QED) is 0.801. The van der Waals surface area contributed by atoms with Gasteiger partial charge in [-0.15, -0.1) is 0 Å². The summed E-state index contributed by atoms with van der Waals surface area (Å²) in [6.07, 6.45) is 0. The molecule has 1 aromatic rings. The van der Waals surface area contributed by atoms with Gasteiger partial charge in [-0.05, 0) is 30.9 Å². The van der Waals surface area contributed by atoms with E-state index in [2.05, 4.69) is 25.5 Å². The molecule has 0 aliphatic rings. The van der Waals surface area contributed by atoms with Crippen LogP contribution in [-0.2, 0) is 14.9 Å². The summed E-state index contributed by atoms with van der Waals surface area (Å²) in [6.45, 7) is 9.95. The molecule has 0 N–H and O–H groups in total. The summed E-state index contributed by atoms with van der Waals surface area (Å²) >= 11 is 0. The number of ether oxygens (including phenoxy) is 1. The van der Waals surface area contributed by atoms with Crippen LogP contribution in [0, 0.1) is 0 Å². The van der Waals surface area contributed by atoms with Crippen LogP contribution in [-0.4, -0.2) is 36.5 Å². The summed E-state index contributed by atoms with van der Waals surface area (Å²) in [7, 11) is 1.33. The monoisotopic (exact) mass is 291 g/mol. The number of hydrogen-bond acceptors (Lipinski definition) is 3. The number of nitrogens with zero attached hydrogens (tertiary/aromatic N) is 1. The van der Waals surface area contributed by atoms with Crippen molar-refractivity contribution in [2.24, 2.45) is 0 Å². The minimum absolute atomic E-state index is 0.0362. The van der Waals surface area contributed by atoms with Crippen LogP contribution in [0.1, 0.15) is 50.5 Å². The maximum atomic E-state index is 12.8. The van der Waals surface area contributed by atoms with Gasteiger partial charge in [0.1, 0.15) is 6.54 Å². The highest BCUT2D eigenvalue weighted by Crippen LogP contribution is 2.27. The third-order valence-corrected chi connectivity index (χ3v) is 3.38. The maximum absolute atomic E-state index is 12.8. The average Bonchev–Trinajstić information content (AvgIpc) is 2.42. The highest BCUT2D eigenvalue weighted by atomic mass is 16.5. The molecule has 21 heavy (non-hydrogen) atoms. The fraction of sp³-hybridized carbons (Fsp3) is 0.529. The Bertz CT molecular complexity index is 515.